The second kappa shape index (κ2) is 7.14. The van der Waals surface area contributed by atoms with Crippen molar-refractivity contribution >= 4 is 28.1 Å². The molecule has 0 aliphatic carbocycles. The Morgan fingerprint density at radius 2 is 1.86 bits per heavy atom. The first-order valence-electron chi connectivity index (χ1n) is 11.6. The molecule has 2 aromatic carbocycles. The summed E-state index contributed by atoms with van der Waals surface area (Å²) < 4.78 is 19.8. The first-order valence-corrected chi connectivity index (χ1v) is 11.9. The van der Waals surface area contributed by atoms with E-state index in [4.69, 9.17) is 32.4 Å². The molecular formula is C27H20ClN3O5. The Kier molecular flexibility index (Phi) is 4.26. The van der Waals surface area contributed by atoms with Crippen molar-refractivity contribution in [3.63, 3.8) is 0 Å². The van der Waals surface area contributed by atoms with Crippen molar-refractivity contribution in [2.75, 3.05) is 6.61 Å². The lowest BCUT2D eigenvalue weighted by Gasteiger charge is -2.28. The van der Waals surface area contributed by atoms with Crippen LogP contribution >= 0.6 is 11.6 Å². The Morgan fingerprint density at radius 1 is 1.08 bits per heavy atom. The standard InChI is InChI=1S/C27H20ClN3O5/c1-26-20-21(27(36-26,23-22(26)35-23)11-12-34-19-10-7-14(28)13-30-19)25(33)31(24(20)32)18-9-8-17(29-2)15-5-3-4-6-16(15)18/h3-10,13,22-23,32-33H,11-12H2,1H3/t22-,23+,26?,27?/m1/s1. The zero-order valence-electron chi connectivity index (χ0n) is 19.1. The molecule has 4 aromatic rings. The molecule has 2 bridgehead atoms. The minimum absolute atomic E-state index is 0.0955. The van der Waals surface area contributed by atoms with Gasteiger partial charge in [0.15, 0.2) is 5.69 Å². The first-order chi connectivity index (χ1) is 17.4. The Morgan fingerprint density at radius 3 is 2.61 bits per heavy atom. The molecule has 0 amide bonds. The van der Waals surface area contributed by atoms with E-state index in [-0.39, 0.29) is 30.6 Å². The van der Waals surface area contributed by atoms with Gasteiger partial charge in [-0.25, -0.2) is 9.83 Å². The van der Waals surface area contributed by atoms with E-state index in [1.54, 1.807) is 24.3 Å². The predicted molar refractivity (Wildman–Crippen MR) is 131 cm³/mol. The zero-order chi connectivity index (χ0) is 24.8. The lowest BCUT2D eigenvalue weighted by atomic mass is 9.78. The number of ether oxygens (including phenoxy) is 3. The molecule has 180 valence electrons. The Labute approximate surface area is 211 Å². The molecule has 2 aromatic heterocycles. The van der Waals surface area contributed by atoms with Gasteiger partial charge in [0.1, 0.15) is 23.4 Å². The number of benzene rings is 2. The molecule has 36 heavy (non-hydrogen) atoms. The van der Waals surface area contributed by atoms with E-state index < -0.39 is 11.2 Å². The van der Waals surface area contributed by atoms with Gasteiger partial charge in [-0.15, -0.1) is 0 Å². The van der Waals surface area contributed by atoms with E-state index in [1.165, 1.54) is 10.8 Å². The highest BCUT2D eigenvalue weighted by molar-refractivity contribution is 6.30. The number of rotatable bonds is 5. The van der Waals surface area contributed by atoms with Gasteiger partial charge in [-0.3, -0.25) is 4.57 Å². The molecule has 4 atom stereocenters. The number of pyridine rings is 1. The smallest absolute Gasteiger partial charge is 0.213 e. The molecule has 0 spiro atoms. The maximum Gasteiger partial charge on any atom is 0.213 e. The molecule has 8 nitrogen and oxygen atoms in total. The van der Waals surface area contributed by atoms with Crippen molar-refractivity contribution in [1.29, 1.82) is 0 Å². The van der Waals surface area contributed by atoms with E-state index in [9.17, 15) is 10.2 Å². The predicted octanol–water partition coefficient (Wildman–Crippen LogP) is 5.33. The Bertz CT molecular complexity index is 1610. The van der Waals surface area contributed by atoms with Gasteiger partial charge in [-0.1, -0.05) is 41.9 Å². The number of fused-ring (bicyclic) bond motifs is 9. The van der Waals surface area contributed by atoms with Crippen LogP contribution in [0.15, 0.2) is 54.7 Å². The lowest BCUT2D eigenvalue weighted by Crippen LogP contribution is -2.32. The summed E-state index contributed by atoms with van der Waals surface area (Å²) in [6.45, 7) is 9.65. The SMILES string of the molecule is [C-]#[N+]c1ccc(-n2c(O)c3c(c2O)C2(CCOc4ccc(Cl)cn4)OC3(C)[C@@H]3O[C@@H]32)c2ccccc12. The van der Waals surface area contributed by atoms with E-state index >= 15 is 0 Å². The summed E-state index contributed by atoms with van der Waals surface area (Å²) in [7, 11) is 0. The Balaban J connectivity index is 1.34. The number of hydrogen-bond donors (Lipinski definition) is 2. The monoisotopic (exact) mass is 501 g/mol. The molecule has 5 heterocycles. The highest BCUT2D eigenvalue weighted by atomic mass is 35.5. The van der Waals surface area contributed by atoms with Gasteiger partial charge in [-0.05, 0) is 29.8 Å². The van der Waals surface area contributed by atoms with Crippen LogP contribution in [-0.2, 0) is 20.7 Å². The van der Waals surface area contributed by atoms with Crippen molar-refractivity contribution in [2.45, 2.75) is 36.8 Å². The number of hydrogen-bond acceptors (Lipinski definition) is 6. The van der Waals surface area contributed by atoms with E-state index in [0.29, 0.717) is 39.8 Å². The van der Waals surface area contributed by atoms with E-state index in [2.05, 4.69) is 9.83 Å². The zero-order valence-corrected chi connectivity index (χ0v) is 19.9. The summed E-state index contributed by atoms with van der Waals surface area (Å²) >= 11 is 5.91. The van der Waals surface area contributed by atoms with Gasteiger partial charge < -0.3 is 24.4 Å². The van der Waals surface area contributed by atoms with Crippen molar-refractivity contribution in [1.82, 2.24) is 9.55 Å². The highest BCUT2D eigenvalue weighted by Gasteiger charge is 2.79. The minimum Gasteiger partial charge on any atom is -0.494 e. The summed E-state index contributed by atoms with van der Waals surface area (Å²) in [6.07, 6.45) is 1.43. The van der Waals surface area contributed by atoms with Crippen LogP contribution in [0.3, 0.4) is 0 Å². The highest BCUT2D eigenvalue weighted by Crippen LogP contribution is 2.72. The number of nitrogens with zero attached hydrogens (tertiary/aromatic N) is 3. The summed E-state index contributed by atoms with van der Waals surface area (Å²) in [6, 6.07) is 14.3. The third-order valence-electron chi connectivity index (χ3n) is 7.59. The Hall–Kier alpha value is -3.77. The molecule has 7 rings (SSSR count). The molecular weight excluding hydrogens is 482 g/mol. The first kappa shape index (κ1) is 21.5. The lowest BCUT2D eigenvalue weighted by molar-refractivity contribution is -0.148. The number of aromatic nitrogens is 2. The van der Waals surface area contributed by atoms with Crippen molar-refractivity contribution in [3.05, 3.63) is 82.3 Å². The van der Waals surface area contributed by atoms with Crippen LogP contribution in [0, 0.1) is 6.57 Å². The molecule has 9 heteroatoms. The maximum atomic E-state index is 11.6. The number of aromatic hydroxyl groups is 2. The van der Waals surface area contributed by atoms with Gasteiger partial charge >= 0.3 is 0 Å². The molecule has 2 N–H and O–H groups in total. The normalized spacial score (nSPS) is 27.0. The van der Waals surface area contributed by atoms with Gasteiger partial charge in [0, 0.05) is 18.7 Å². The third-order valence-corrected chi connectivity index (χ3v) is 7.82. The third kappa shape index (κ3) is 2.62. The van der Waals surface area contributed by atoms with Crippen LogP contribution in [0.2, 0.25) is 5.02 Å². The fourth-order valence-electron chi connectivity index (χ4n) is 6.05. The van der Waals surface area contributed by atoms with Crippen LogP contribution in [0.5, 0.6) is 17.6 Å². The van der Waals surface area contributed by atoms with E-state index in [1.807, 2.05) is 31.2 Å². The average Bonchev–Trinajstić information content (AvgIpc) is 3.54. The molecule has 0 radical (unpaired) electrons. The molecule has 3 aliphatic rings. The topological polar surface area (TPSA) is 93.6 Å². The quantitative estimate of drug-likeness (QED) is 0.283. The molecule has 2 unspecified atom stereocenters. The fraction of sp³-hybridized carbons (Fsp3) is 0.259. The minimum atomic E-state index is -0.972. The second-order valence-corrected chi connectivity index (χ2v) is 9.92. The van der Waals surface area contributed by atoms with Crippen LogP contribution < -0.4 is 4.74 Å². The average molecular weight is 502 g/mol. The second-order valence-electron chi connectivity index (χ2n) is 9.48. The number of halogens is 1. The van der Waals surface area contributed by atoms with Crippen LogP contribution in [-0.4, -0.2) is 38.6 Å². The van der Waals surface area contributed by atoms with Gasteiger partial charge in [0.25, 0.3) is 0 Å². The van der Waals surface area contributed by atoms with Crippen molar-refractivity contribution < 1.29 is 24.4 Å². The molecule has 3 aliphatic heterocycles. The van der Waals surface area contributed by atoms with Gasteiger partial charge in [0.2, 0.25) is 17.6 Å². The van der Waals surface area contributed by atoms with Gasteiger partial charge in [-0.2, -0.15) is 0 Å². The summed E-state index contributed by atoms with van der Waals surface area (Å²) in [5, 5.41) is 25.1. The molecule has 2 saturated heterocycles. The summed E-state index contributed by atoms with van der Waals surface area (Å²) in [5.41, 5.74) is 0.255. The maximum absolute atomic E-state index is 11.6. The fourth-order valence-corrected chi connectivity index (χ4v) is 6.16. The van der Waals surface area contributed by atoms with Crippen LogP contribution in [0.1, 0.15) is 24.5 Å². The van der Waals surface area contributed by atoms with E-state index in [0.717, 1.165) is 10.8 Å². The molecule has 0 saturated carbocycles. The van der Waals surface area contributed by atoms with Crippen LogP contribution in [0.25, 0.3) is 21.3 Å². The van der Waals surface area contributed by atoms with Crippen LogP contribution in [0.4, 0.5) is 5.69 Å². The van der Waals surface area contributed by atoms with Crippen molar-refractivity contribution in [2.24, 2.45) is 0 Å². The number of epoxide rings is 1. The van der Waals surface area contributed by atoms with Crippen molar-refractivity contribution in [3.8, 4) is 23.3 Å². The summed E-state index contributed by atoms with van der Waals surface area (Å²) in [5.74, 6) is 0.228. The van der Waals surface area contributed by atoms with Gasteiger partial charge in [0.05, 0.1) is 35.0 Å². The summed E-state index contributed by atoms with van der Waals surface area (Å²) in [4.78, 5) is 7.78. The largest absolute Gasteiger partial charge is 0.494 e. The molecule has 2 fully saturated rings.